The minimum Gasteiger partial charge on any atom is -0.408 e. The minimum atomic E-state index is -0.573. The predicted octanol–water partition coefficient (Wildman–Crippen LogP) is 1.21. The van der Waals surface area contributed by atoms with Crippen LogP contribution in [-0.4, -0.2) is 30.2 Å². The van der Waals surface area contributed by atoms with Crippen molar-refractivity contribution in [3.8, 4) is 5.82 Å². The third kappa shape index (κ3) is 2.90. The van der Waals surface area contributed by atoms with E-state index in [9.17, 15) is 9.59 Å². The number of amides is 1. The topological polar surface area (TPSA) is 108 Å². The van der Waals surface area contributed by atoms with Crippen molar-refractivity contribution in [2.24, 2.45) is 0 Å². The number of fused-ring (bicyclic) bond motifs is 1. The van der Waals surface area contributed by atoms with Gasteiger partial charge in [-0.15, -0.1) is 0 Å². The summed E-state index contributed by atoms with van der Waals surface area (Å²) >= 11 is 0. The number of anilines is 1. The molecule has 9 nitrogen and oxygen atoms in total. The van der Waals surface area contributed by atoms with Gasteiger partial charge in [-0.05, 0) is 24.3 Å². The Kier molecular flexibility index (Phi) is 3.58. The molecule has 1 amide bonds. The third-order valence-electron chi connectivity index (χ3n) is 3.56. The molecule has 9 heteroatoms. The quantitative estimate of drug-likeness (QED) is 0.600. The normalized spacial score (nSPS) is 10.9. The van der Waals surface area contributed by atoms with E-state index in [4.69, 9.17) is 4.42 Å². The fourth-order valence-corrected chi connectivity index (χ4v) is 2.43. The van der Waals surface area contributed by atoms with Gasteiger partial charge in [0.15, 0.2) is 11.4 Å². The molecule has 124 valence electrons. The first-order chi connectivity index (χ1) is 12.2. The number of nitrogens with zero attached hydrogens (tertiary/aromatic N) is 5. The molecular formula is C16H12N6O3. The smallest absolute Gasteiger partial charge is 0.408 e. The Morgan fingerprint density at radius 1 is 1.20 bits per heavy atom. The van der Waals surface area contributed by atoms with Crippen molar-refractivity contribution < 1.29 is 9.21 Å². The lowest BCUT2D eigenvalue weighted by Gasteiger charge is -2.06. The molecule has 0 fully saturated rings. The van der Waals surface area contributed by atoms with Gasteiger partial charge in [0.25, 0.3) is 0 Å². The van der Waals surface area contributed by atoms with E-state index in [1.807, 2.05) is 0 Å². The first-order valence-corrected chi connectivity index (χ1v) is 7.40. The summed E-state index contributed by atoms with van der Waals surface area (Å²) in [5.41, 5.74) is 1.52. The number of hydrogen-bond acceptors (Lipinski definition) is 6. The van der Waals surface area contributed by atoms with E-state index >= 15 is 0 Å². The van der Waals surface area contributed by atoms with E-state index in [0.29, 0.717) is 22.6 Å². The number of carbonyl (C=O) groups is 1. The lowest BCUT2D eigenvalue weighted by molar-refractivity contribution is -0.116. The standard InChI is InChI=1S/C16H12N6O3/c23-15(8-21-12-3-1-2-4-13(12)25-16(21)24)20-11-5-6-14(18-7-11)22-10-17-9-19-22/h1-7,9-10H,8H2,(H,20,23). The second kappa shape index (κ2) is 6.04. The Labute approximate surface area is 140 Å². The fraction of sp³-hybridized carbons (Fsp3) is 0.0625. The average molecular weight is 336 g/mol. The zero-order valence-electron chi connectivity index (χ0n) is 12.9. The van der Waals surface area contributed by atoms with Gasteiger partial charge in [0.2, 0.25) is 5.91 Å². The van der Waals surface area contributed by atoms with E-state index in [2.05, 4.69) is 20.4 Å². The zero-order valence-corrected chi connectivity index (χ0v) is 12.9. The summed E-state index contributed by atoms with van der Waals surface area (Å²) in [7, 11) is 0. The van der Waals surface area contributed by atoms with E-state index < -0.39 is 5.76 Å². The van der Waals surface area contributed by atoms with Crippen molar-refractivity contribution in [1.82, 2.24) is 24.3 Å². The predicted molar refractivity (Wildman–Crippen MR) is 88.3 cm³/mol. The van der Waals surface area contributed by atoms with E-state index in [0.717, 1.165) is 0 Å². The van der Waals surface area contributed by atoms with Gasteiger partial charge in [0.05, 0.1) is 17.4 Å². The number of benzene rings is 1. The zero-order chi connectivity index (χ0) is 17.2. The molecule has 0 unspecified atom stereocenters. The Bertz CT molecular complexity index is 1080. The molecule has 25 heavy (non-hydrogen) atoms. The van der Waals surface area contributed by atoms with Crippen molar-refractivity contribution in [2.75, 3.05) is 5.32 Å². The maximum absolute atomic E-state index is 12.2. The molecule has 0 aliphatic rings. The Balaban J connectivity index is 1.50. The molecule has 0 radical (unpaired) electrons. The number of carbonyl (C=O) groups excluding carboxylic acids is 1. The molecule has 0 saturated heterocycles. The number of hydrogen-bond donors (Lipinski definition) is 1. The number of rotatable bonds is 4. The van der Waals surface area contributed by atoms with Crippen molar-refractivity contribution in [3.05, 3.63) is 65.8 Å². The maximum atomic E-state index is 12.2. The van der Waals surface area contributed by atoms with Crippen LogP contribution in [0.1, 0.15) is 0 Å². The van der Waals surface area contributed by atoms with Crippen LogP contribution < -0.4 is 11.1 Å². The number of oxazole rings is 1. The second-order valence-corrected chi connectivity index (χ2v) is 5.22. The van der Waals surface area contributed by atoms with Crippen molar-refractivity contribution in [2.45, 2.75) is 6.54 Å². The number of pyridine rings is 1. The molecule has 3 aromatic heterocycles. The summed E-state index contributed by atoms with van der Waals surface area (Å²) in [5, 5.41) is 6.67. The Morgan fingerprint density at radius 2 is 2.08 bits per heavy atom. The van der Waals surface area contributed by atoms with E-state index in [1.54, 1.807) is 36.4 Å². The molecule has 0 aliphatic carbocycles. The summed E-state index contributed by atoms with van der Waals surface area (Å²) in [5.74, 6) is -0.354. The van der Waals surface area contributed by atoms with Crippen LogP contribution in [0.3, 0.4) is 0 Å². The van der Waals surface area contributed by atoms with Crippen LogP contribution in [0.5, 0.6) is 0 Å². The fourth-order valence-electron chi connectivity index (χ4n) is 2.43. The van der Waals surface area contributed by atoms with Crippen LogP contribution in [0.2, 0.25) is 0 Å². The molecule has 0 aliphatic heterocycles. The average Bonchev–Trinajstić information content (AvgIpc) is 3.25. The molecular weight excluding hydrogens is 324 g/mol. The van der Waals surface area contributed by atoms with Crippen LogP contribution in [0, 0.1) is 0 Å². The van der Waals surface area contributed by atoms with Gasteiger partial charge >= 0.3 is 5.76 Å². The number of para-hydroxylation sites is 2. The molecule has 0 saturated carbocycles. The van der Waals surface area contributed by atoms with E-state index in [-0.39, 0.29) is 12.5 Å². The van der Waals surface area contributed by atoms with Crippen LogP contribution in [0.15, 0.2) is 64.5 Å². The van der Waals surface area contributed by atoms with Crippen molar-refractivity contribution in [1.29, 1.82) is 0 Å². The molecule has 0 atom stereocenters. The number of nitrogens with one attached hydrogen (secondary N) is 1. The van der Waals surface area contributed by atoms with Gasteiger partial charge in [-0.3, -0.25) is 9.36 Å². The van der Waals surface area contributed by atoms with Gasteiger partial charge in [-0.2, -0.15) is 5.10 Å². The second-order valence-electron chi connectivity index (χ2n) is 5.22. The summed E-state index contributed by atoms with van der Waals surface area (Å²) in [4.78, 5) is 32.2. The van der Waals surface area contributed by atoms with Crippen LogP contribution in [0.4, 0.5) is 5.69 Å². The van der Waals surface area contributed by atoms with Crippen LogP contribution in [0.25, 0.3) is 16.9 Å². The summed E-state index contributed by atoms with van der Waals surface area (Å²) in [6, 6.07) is 10.3. The number of aromatic nitrogens is 5. The highest BCUT2D eigenvalue weighted by Gasteiger charge is 2.12. The molecule has 4 rings (SSSR count). The molecule has 0 bridgehead atoms. The largest absolute Gasteiger partial charge is 0.420 e. The van der Waals surface area contributed by atoms with Gasteiger partial charge in [0.1, 0.15) is 19.2 Å². The summed E-state index contributed by atoms with van der Waals surface area (Å²) in [6.45, 7) is -0.152. The molecule has 1 N–H and O–H groups in total. The molecule has 0 spiro atoms. The lowest BCUT2D eigenvalue weighted by Crippen LogP contribution is -2.24. The Morgan fingerprint density at radius 3 is 2.84 bits per heavy atom. The SMILES string of the molecule is O=C(Cn1c(=O)oc2ccccc21)Nc1ccc(-n2cncn2)nc1. The van der Waals surface area contributed by atoms with Crippen LogP contribution in [-0.2, 0) is 11.3 Å². The molecule has 1 aromatic carbocycles. The summed E-state index contributed by atoms with van der Waals surface area (Å²) < 4.78 is 7.89. The van der Waals surface area contributed by atoms with Crippen molar-refractivity contribution in [3.63, 3.8) is 0 Å². The third-order valence-corrected chi connectivity index (χ3v) is 3.56. The van der Waals surface area contributed by atoms with Gasteiger partial charge in [-0.25, -0.2) is 19.4 Å². The molecule has 4 aromatic rings. The van der Waals surface area contributed by atoms with Gasteiger partial charge in [-0.1, -0.05) is 12.1 Å². The maximum Gasteiger partial charge on any atom is 0.420 e. The molecule has 3 heterocycles. The van der Waals surface area contributed by atoms with E-state index in [1.165, 1.54) is 28.1 Å². The minimum absolute atomic E-state index is 0.152. The first-order valence-electron chi connectivity index (χ1n) is 7.40. The van der Waals surface area contributed by atoms with Crippen molar-refractivity contribution >= 4 is 22.7 Å². The van der Waals surface area contributed by atoms with Crippen LogP contribution >= 0.6 is 0 Å². The van der Waals surface area contributed by atoms with Gasteiger partial charge in [0, 0.05) is 0 Å². The highest BCUT2D eigenvalue weighted by molar-refractivity contribution is 5.91. The highest BCUT2D eigenvalue weighted by Crippen LogP contribution is 2.12. The lowest BCUT2D eigenvalue weighted by atomic mass is 10.3. The van der Waals surface area contributed by atoms with Gasteiger partial charge < -0.3 is 9.73 Å². The monoisotopic (exact) mass is 336 g/mol. The first kappa shape index (κ1) is 14.8. The Hall–Kier alpha value is -3.75. The highest BCUT2D eigenvalue weighted by atomic mass is 16.4. The summed E-state index contributed by atoms with van der Waals surface area (Å²) in [6.07, 6.45) is 4.44.